The Kier molecular flexibility index (Phi) is 5.50. The van der Waals surface area contributed by atoms with E-state index in [1.807, 2.05) is 24.9 Å². The first-order valence-electron chi connectivity index (χ1n) is 6.73. The summed E-state index contributed by atoms with van der Waals surface area (Å²) in [5.74, 6) is 1.89. The Morgan fingerprint density at radius 2 is 1.85 bits per heavy atom. The lowest BCUT2D eigenvalue weighted by Gasteiger charge is -2.09. The molecule has 0 fully saturated rings. The molecule has 0 atom stereocenters. The van der Waals surface area contributed by atoms with E-state index < -0.39 is 0 Å². The Hall–Kier alpha value is -1.45. The molecule has 0 bridgehead atoms. The molecule has 0 saturated carbocycles. The molecule has 0 unspecified atom stereocenters. The molecule has 2 aromatic rings. The molecule has 3 heteroatoms. The van der Waals surface area contributed by atoms with Crippen molar-refractivity contribution >= 4 is 11.8 Å². The van der Waals surface area contributed by atoms with E-state index in [1.165, 1.54) is 21.6 Å². The van der Waals surface area contributed by atoms with Gasteiger partial charge in [-0.1, -0.05) is 29.8 Å². The molecule has 0 aliphatic rings. The molecular weight excluding hydrogens is 266 g/mol. The zero-order chi connectivity index (χ0) is 14.4. The average molecular weight is 287 g/mol. The number of aryl methyl sites for hydroxylation is 1. The highest BCUT2D eigenvalue weighted by Crippen LogP contribution is 2.28. The molecule has 0 aliphatic carbocycles. The number of nitrogens with one attached hydrogen (secondary N) is 1. The highest BCUT2D eigenvalue weighted by atomic mass is 32.2. The van der Waals surface area contributed by atoms with Crippen LogP contribution in [0.5, 0.6) is 5.75 Å². The normalized spacial score (nSPS) is 10.6. The number of methoxy groups -OCH3 is 1. The van der Waals surface area contributed by atoms with E-state index in [1.54, 1.807) is 7.11 Å². The lowest BCUT2D eigenvalue weighted by Crippen LogP contribution is -2.04. The average Bonchev–Trinajstić information content (AvgIpc) is 2.47. The predicted octanol–water partition coefficient (Wildman–Crippen LogP) is 4.02. The SMILES string of the molecule is CNCc1ccc(SCc2cc(C)ccc2OC)cc1. The third-order valence-corrected chi connectivity index (χ3v) is 4.20. The predicted molar refractivity (Wildman–Crippen MR) is 86.5 cm³/mol. The van der Waals surface area contributed by atoms with E-state index in [-0.39, 0.29) is 0 Å². The minimum Gasteiger partial charge on any atom is -0.496 e. The van der Waals surface area contributed by atoms with E-state index in [4.69, 9.17) is 4.74 Å². The van der Waals surface area contributed by atoms with Crippen molar-refractivity contribution in [3.8, 4) is 5.75 Å². The number of benzene rings is 2. The minimum absolute atomic E-state index is 0.913. The van der Waals surface area contributed by atoms with Crippen molar-refractivity contribution in [3.05, 3.63) is 59.2 Å². The molecule has 2 nitrogen and oxygen atoms in total. The quantitative estimate of drug-likeness (QED) is 0.811. The summed E-state index contributed by atoms with van der Waals surface area (Å²) in [5, 5.41) is 3.16. The van der Waals surface area contributed by atoms with Crippen LogP contribution in [0.4, 0.5) is 0 Å². The summed E-state index contributed by atoms with van der Waals surface area (Å²) in [6, 6.07) is 15.0. The first kappa shape index (κ1) is 14.9. The van der Waals surface area contributed by atoms with Gasteiger partial charge < -0.3 is 10.1 Å². The first-order chi connectivity index (χ1) is 9.72. The highest BCUT2D eigenvalue weighted by Gasteiger charge is 2.04. The van der Waals surface area contributed by atoms with Crippen molar-refractivity contribution in [2.24, 2.45) is 0 Å². The Bertz CT molecular complexity index is 551. The summed E-state index contributed by atoms with van der Waals surface area (Å²) in [7, 11) is 3.69. The number of hydrogen-bond acceptors (Lipinski definition) is 3. The molecule has 0 amide bonds. The van der Waals surface area contributed by atoms with Crippen molar-refractivity contribution < 1.29 is 4.74 Å². The molecule has 0 aromatic heterocycles. The van der Waals surface area contributed by atoms with Gasteiger partial charge in [0, 0.05) is 22.8 Å². The number of thioether (sulfide) groups is 1. The summed E-state index contributed by atoms with van der Waals surface area (Å²) < 4.78 is 5.42. The maximum atomic E-state index is 5.42. The van der Waals surface area contributed by atoms with Crippen LogP contribution < -0.4 is 10.1 Å². The molecule has 0 heterocycles. The Morgan fingerprint density at radius 1 is 1.10 bits per heavy atom. The third-order valence-electron chi connectivity index (χ3n) is 3.13. The van der Waals surface area contributed by atoms with Gasteiger partial charge in [-0.3, -0.25) is 0 Å². The molecule has 0 saturated heterocycles. The van der Waals surface area contributed by atoms with Crippen molar-refractivity contribution in [3.63, 3.8) is 0 Å². The van der Waals surface area contributed by atoms with Crippen LogP contribution in [-0.4, -0.2) is 14.2 Å². The van der Waals surface area contributed by atoms with Crippen LogP contribution >= 0.6 is 11.8 Å². The molecule has 106 valence electrons. The van der Waals surface area contributed by atoms with E-state index in [2.05, 4.69) is 48.6 Å². The van der Waals surface area contributed by atoms with E-state index >= 15 is 0 Å². The first-order valence-corrected chi connectivity index (χ1v) is 7.71. The molecule has 2 aromatic carbocycles. The Labute approximate surface area is 125 Å². The van der Waals surface area contributed by atoms with Gasteiger partial charge in [0.25, 0.3) is 0 Å². The number of ether oxygens (including phenoxy) is 1. The topological polar surface area (TPSA) is 21.3 Å². The number of hydrogen-bond donors (Lipinski definition) is 1. The van der Waals surface area contributed by atoms with Gasteiger partial charge in [0.15, 0.2) is 0 Å². The summed E-state index contributed by atoms with van der Waals surface area (Å²) in [4.78, 5) is 1.29. The van der Waals surface area contributed by atoms with Crippen LogP contribution in [0.1, 0.15) is 16.7 Å². The second-order valence-corrected chi connectivity index (χ2v) is 5.83. The van der Waals surface area contributed by atoms with Gasteiger partial charge in [0.05, 0.1) is 7.11 Å². The molecule has 2 rings (SSSR count). The standard InChI is InChI=1S/C17H21NOS/c1-13-4-9-17(19-3)15(10-13)12-20-16-7-5-14(6-8-16)11-18-2/h4-10,18H,11-12H2,1-3H3. The summed E-state index contributed by atoms with van der Waals surface area (Å²) in [6.07, 6.45) is 0. The minimum atomic E-state index is 0.913. The van der Waals surface area contributed by atoms with Crippen LogP contribution in [0.2, 0.25) is 0 Å². The van der Waals surface area contributed by atoms with Gasteiger partial charge in [-0.2, -0.15) is 0 Å². The monoisotopic (exact) mass is 287 g/mol. The van der Waals surface area contributed by atoms with Crippen LogP contribution in [0.25, 0.3) is 0 Å². The maximum Gasteiger partial charge on any atom is 0.122 e. The molecule has 0 radical (unpaired) electrons. The van der Waals surface area contributed by atoms with E-state index in [0.717, 1.165) is 18.0 Å². The molecule has 0 aliphatic heterocycles. The highest BCUT2D eigenvalue weighted by molar-refractivity contribution is 7.98. The van der Waals surface area contributed by atoms with Gasteiger partial charge in [-0.15, -0.1) is 11.8 Å². The largest absolute Gasteiger partial charge is 0.496 e. The summed E-state index contributed by atoms with van der Waals surface area (Å²) >= 11 is 1.84. The van der Waals surface area contributed by atoms with Crippen molar-refractivity contribution in [2.75, 3.05) is 14.2 Å². The molecule has 20 heavy (non-hydrogen) atoms. The molecular formula is C17H21NOS. The number of rotatable bonds is 6. The Balaban J connectivity index is 2.02. The van der Waals surface area contributed by atoms with E-state index in [0.29, 0.717) is 0 Å². The fourth-order valence-corrected chi connectivity index (χ4v) is 2.97. The van der Waals surface area contributed by atoms with Crippen LogP contribution in [0, 0.1) is 6.92 Å². The second kappa shape index (κ2) is 7.36. The smallest absolute Gasteiger partial charge is 0.122 e. The lowest BCUT2D eigenvalue weighted by molar-refractivity contribution is 0.411. The van der Waals surface area contributed by atoms with Crippen molar-refractivity contribution in [1.29, 1.82) is 0 Å². The molecule has 1 N–H and O–H groups in total. The van der Waals surface area contributed by atoms with Crippen LogP contribution in [0.3, 0.4) is 0 Å². The zero-order valence-electron chi connectivity index (χ0n) is 12.3. The fourth-order valence-electron chi connectivity index (χ4n) is 2.09. The molecule has 0 spiro atoms. The maximum absolute atomic E-state index is 5.42. The van der Waals surface area contributed by atoms with Gasteiger partial charge in [-0.25, -0.2) is 0 Å². The van der Waals surface area contributed by atoms with Crippen molar-refractivity contribution in [1.82, 2.24) is 5.32 Å². The lowest BCUT2D eigenvalue weighted by atomic mass is 10.1. The zero-order valence-corrected chi connectivity index (χ0v) is 13.1. The Morgan fingerprint density at radius 3 is 2.50 bits per heavy atom. The van der Waals surface area contributed by atoms with Gasteiger partial charge in [-0.05, 0) is 37.7 Å². The second-order valence-electron chi connectivity index (χ2n) is 4.78. The third kappa shape index (κ3) is 4.02. The fraction of sp³-hybridized carbons (Fsp3) is 0.294. The van der Waals surface area contributed by atoms with Crippen molar-refractivity contribution in [2.45, 2.75) is 24.1 Å². The van der Waals surface area contributed by atoms with E-state index in [9.17, 15) is 0 Å². The van der Waals surface area contributed by atoms with Crippen LogP contribution in [-0.2, 0) is 12.3 Å². The van der Waals surface area contributed by atoms with Gasteiger partial charge in [0.1, 0.15) is 5.75 Å². The summed E-state index contributed by atoms with van der Waals surface area (Å²) in [6.45, 7) is 3.02. The van der Waals surface area contributed by atoms with Gasteiger partial charge in [0.2, 0.25) is 0 Å². The van der Waals surface area contributed by atoms with Gasteiger partial charge >= 0.3 is 0 Å². The van der Waals surface area contributed by atoms with Crippen LogP contribution in [0.15, 0.2) is 47.4 Å². The summed E-state index contributed by atoms with van der Waals surface area (Å²) in [5.41, 5.74) is 3.83.